The molecule has 182 valence electrons. The standard InChI is InChI=1S/C23H27F3N6O2/c1-13(9-23(24,25)26)30-22-29-12-20-18(15-7-16(11-28-10-15)21(34)27-2)8-19(32(20)31-22)14-3-5-17(33)6-4-14/h7-8,10-14,17,33H,3-6,9H2,1-2H3,(H,27,34)(H,30,31)/t13-,14?,17?/m0/s1. The number of aromatic nitrogens is 4. The summed E-state index contributed by atoms with van der Waals surface area (Å²) in [4.78, 5) is 20.6. The summed E-state index contributed by atoms with van der Waals surface area (Å²) >= 11 is 0. The predicted octanol–water partition coefficient (Wildman–Crippen LogP) is 3.92. The van der Waals surface area contributed by atoms with Crippen LogP contribution in [-0.4, -0.2) is 56.0 Å². The van der Waals surface area contributed by atoms with Gasteiger partial charge in [-0.15, -0.1) is 5.10 Å². The largest absolute Gasteiger partial charge is 0.393 e. The Morgan fingerprint density at radius 1 is 1.21 bits per heavy atom. The van der Waals surface area contributed by atoms with Gasteiger partial charge in [0.2, 0.25) is 5.95 Å². The molecule has 3 aromatic rings. The van der Waals surface area contributed by atoms with Crippen LogP contribution in [0.15, 0.2) is 30.7 Å². The number of aliphatic hydroxyl groups is 1. The molecule has 1 atom stereocenters. The van der Waals surface area contributed by atoms with Crippen LogP contribution in [0.4, 0.5) is 19.1 Å². The van der Waals surface area contributed by atoms with Crippen molar-refractivity contribution < 1.29 is 23.1 Å². The second-order valence-electron chi connectivity index (χ2n) is 8.77. The van der Waals surface area contributed by atoms with E-state index in [0.29, 0.717) is 29.5 Å². The van der Waals surface area contributed by atoms with Crippen LogP contribution < -0.4 is 10.6 Å². The van der Waals surface area contributed by atoms with Crippen molar-refractivity contribution in [3.05, 3.63) is 42.0 Å². The van der Waals surface area contributed by atoms with Crippen LogP contribution in [0, 0.1) is 0 Å². The Labute approximate surface area is 194 Å². The zero-order chi connectivity index (χ0) is 24.5. The number of nitrogens with one attached hydrogen (secondary N) is 2. The van der Waals surface area contributed by atoms with E-state index in [1.165, 1.54) is 13.1 Å². The van der Waals surface area contributed by atoms with Gasteiger partial charge in [0.1, 0.15) is 0 Å². The number of halogens is 3. The van der Waals surface area contributed by atoms with E-state index in [1.54, 1.807) is 30.0 Å². The van der Waals surface area contributed by atoms with Gasteiger partial charge < -0.3 is 15.7 Å². The number of aliphatic hydroxyl groups excluding tert-OH is 1. The first kappa shape index (κ1) is 23.9. The molecule has 1 aliphatic carbocycles. The number of rotatable bonds is 6. The molecule has 11 heteroatoms. The topological polar surface area (TPSA) is 104 Å². The maximum atomic E-state index is 12.8. The fourth-order valence-corrected chi connectivity index (χ4v) is 4.45. The van der Waals surface area contributed by atoms with Gasteiger partial charge in [0.05, 0.1) is 29.8 Å². The summed E-state index contributed by atoms with van der Waals surface area (Å²) in [5.41, 5.74) is 3.42. The van der Waals surface area contributed by atoms with E-state index in [4.69, 9.17) is 0 Å². The number of carbonyl (C=O) groups is 1. The fourth-order valence-electron chi connectivity index (χ4n) is 4.45. The molecule has 0 spiro atoms. The Balaban J connectivity index is 1.76. The van der Waals surface area contributed by atoms with E-state index >= 15 is 0 Å². The number of carbonyl (C=O) groups excluding carboxylic acids is 1. The minimum Gasteiger partial charge on any atom is -0.393 e. The summed E-state index contributed by atoms with van der Waals surface area (Å²) in [6.45, 7) is 1.43. The third-order valence-corrected chi connectivity index (χ3v) is 6.11. The Morgan fingerprint density at radius 3 is 2.62 bits per heavy atom. The molecule has 0 saturated heterocycles. The third-order valence-electron chi connectivity index (χ3n) is 6.11. The SMILES string of the molecule is CNC(=O)c1cncc(-c2cc(C3CCC(O)CC3)n3nc(N[C@@H](C)CC(F)(F)F)ncc23)c1. The summed E-state index contributed by atoms with van der Waals surface area (Å²) in [5, 5.41) is 19.8. The summed E-state index contributed by atoms with van der Waals surface area (Å²) in [6, 6.07) is 2.81. The van der Waals surface area contributed by atoms with Crippen molar-refractivity contribution in [2.24, 2.45) is 0 Å². The highest BCUT2D eigenvalue weighted by molar-refractivity contribution is 5.95. The van der Waals surface area contributed by atoms with Crippen molar-refractivity contribution in [1.29, 1.82) is 0 Å². The van der Waals surface area contributed by atoms with Gasteiger partial charge in [-0.05, 0) is 44.7 Å². The Bertz CT molecular complexity index is 1170. The van der Waals surface area contributed by atoms with Crippen molar-refractivity contribution in [3.8, 4) is 11.1 Å². The van der Waals surface area contributed by atoms with Crippen LogP contribution in [0.25, 0.3) is 16.6 Å². The van der Waals surface area contributed by atoms with Crippen molar-refractivity contribution in [3.63, 3.8) is 0 Å². The average molecular weight is 477 g/mol. The number of alkyl halides is 3. The van der Waals surface area contributed by atoms with E-state index in [9.17, 15) is 23.1 Å². The minimum atomic E-state index is -4.30. The maximum absolute atomic E-state index is 12.8. The molecule has 1 saturated carbocycles. The van der Waals surface area contributed by atoms with Crippen LogP contribution in [0.5, 0.6) is 0 Å². The van der Waals surface area contributed by atoms with Crippen molar-refractivity contribution in [2.45, 2.75) is 63.3 Å². The normalized spacial score (nSPS) is 19.7. The lowest BCUT2D eigenvalue weighted by atomic mass is 9.85. The predicted molar refractivity (Wildman–Crippen MR) is 121 cm³/mol. The van der Waals surface area contributed by atoms with Gasteiger partial charge >= 0.3 is 6.18 Å². The maximum Gasteiger partial charge on any atom is 0.391 e. The van der Waals surface area contributed by atoms with E-state index in [2.05, 4.69) is 25.7 Å². The number of hydrogen-bond acceptors (Lipinski definition) is 6. The molecule has 3 aromatic heterocycles. The highest BCUT2D eigenvalue weighted by Crippen LogP contribution is 2.37. The molecular weight excluding hydrogens is 449 g/mol. The summed E-state index contributed by atoms with van der Waals surface area (Å²) in [7, 11) is 1.54. The molecule has 1 aliphatic rings. The van der Waals surface area contributed by atoms with Crippen LogP contribution in [0.1, 0.15) is 61.0 Å². The van der Waals surface area contributed by atoms with Gasteiger partial charge in [0.25, 0.3) is 5.91 Å². The van der Waals surface area contributed by atoms with Crippen molar-refractivity contribution in [1.82, 2.24) is 24.9 Å². The number of hydrogen-bond donors (Lipinski definition) is 3. The molecule has 0 aromatic carbocycles. The second kappa shape index (κ2) is 9.57. The molecule has 4 rings (SSSR count). The van der Waals surface area contributed by atoms with Gasteiger partial charge in [0.15, 0.2) is 0 Å². The molecule has 0 radical (unpaired) electrons. The third kappa shape index (κ3) is 5.30. The lowest BCUT2D eigenvalue weighted by Crippen LogP contribution is -2.25. The van der Waals surface area contributed by atoms with Gasteiger partial charge in [-0.1, -0.05) is 0 Å². The Kier molecular flexibility index (Phi) is 6.74. The number of nitrogens with zero attached hydrogens (tertiary/aromatic N) is 4. The van der Waals surface area contributed by atoms with E-state index < -0.39 is 18.6 Å². The molecule has 3 heterocycles. The first-order chi connectivity index (χ1) is 16.1. The molecule has 1 fully saturated rings. The quantitative estimate of drug-likeness (QED) is 0.498. The number of amides is 1. The zero-order valence-corrected chi connectivity index (χ0v) is 18.9. The van der Waals surface area contributed by atoms with Gasteiger partial charge in [-0.25, -0.2) is 9.50 Å². The molecular formula is C23H27F3N6O2. The number of pyridine rings is 1. The van der Waals surface area contributed by atoms with E-state index in [-0.39, 0.29) is 23.9 Å². The van der Waals surface area contributed by atoms with Crippen LogP contribution in [0.3, 0.4) is 0 Å². The van der Waals surface area contributed by atoms with Crippen LogP contribution in [0.2, 0.25) is 0 Å². The van der Waals surface area contributed by atoms with Gasteiger partial charge in [-0.2, -0.15) is 13.2 Å². The van der Waals surface area contributed by atoms with E-state index in [0.717, 1.165) is 24.1 Å². The lowest BCUT2D eigenvalue weighted by molar-refractivity contribution is -0.136. The first-order valence-electron chi connectivity index (χ1n) is 11.2. The van der Waals surface area contributed by atoms with Crippen molar-refractivity contribution in [2.75, 3.05) is 12.4 Å². The highest BCUT2D eigenvalue weighted by Gasteiger charge is 2.30. The lowest BCUT2D eigenvalue weighted by Gasteiger charge is -2.25. The van der Waals surface area contributed by atoms with Gasteiger partial charge in [0, 0.05) is 48.2 Å². The van der Waals surface area contributed by atoms with Gasteiger partial charge in [-0.3, -0.25) is 9.78 Å². The highest BCUT2D eigenvalue weighted by atomic mass is 19.4. The molecule has 1 amide bonds. The van der Waals surface area contributed by atoms with Crippen molar-refractivity contribution >= 4 is 17.4 Å². The summed E-state index contributed by atoms with van der Waals surface area (Å²) in [6.07, 6.45) is 1.92. The molecule has 0 aliphatic heterocycles. The first-order valence-corrected chi connectivity index (χ1v) is 11.2. The summed E-state index contributed by atoms with van der Waals surface area (Å²) in [5.74, 6) is -0.0449. The van der Waals surface area contributed by atoms with Crippen LogP contribution >= 0.6 is 0 Å². The molecule has 3 N–H and O–H groups in total. The Hall–Kier alpha value is -3.21. The fraction of sp³-hybridized carbons (Fsp3) is 0.478. The smallest absolute Gasteiger partial charge is 0.391 e. The zero-order valence-electron chi connectivity index (χ0n) is 18.9. The average Bonchev–Trinajstić information content (AvgIpc) is 3.16. The Morgan fingerprint density at radius 2 is 1.94 bits per heavy atom. The molecule has 34 heavy (non-hydrogen) atoms. The number of anilines is 1. The molecule has 0 unspecified atom stereocenters. The second-order valence-corrected chi connectivity index (χ2v) is 8.77. The molecule has 8 nitrogen and oxygen atoms in total. The molecule has 0 bridgehead atoms. The van der Waals surface area contributed by atoms with E-state index in [1.807, 2.05) is 6.07 Å². The summed E-state index contributed by atoms with van der Waals surface area (Å²) < 4.78 is 40.0. The monoisotopic (exact) mass is 476 g/mol. The minimum absolute atomic E-state index is 0.0979. The number of fused-ring (bicyclic) bond motifs is 1. The van der Waals surface area contributed by atoms with Crippen LogP contribution in [-0.2, 0) is 0 Å².